The Hall–Kier alpha value is -5.30. The Morgan fingerprint density at radius 1 is 0.232 bits per heavy atom. The van der Waals surface area contributed by atoms with E-state index in [-0.39, 0.29) is 107 Å². The fourth-order valence-corrected chi connectivity index (χ4v) is 17.0. The normalized spacial score (nSPS) is 25.9. The third-order valence-electron chi connectivity index (χ3n) is 21.0. The lowest BCUT2D eigenvalue weighted by atomic mass is 9.86. The second kappa shape index (κ2) is 27.2. The quantitative estimate of drug-likeness (QED) is 0.0998. The Morgan fingerprint density at radius 2 is 0.378 bits per heavy atom. The molecule has 0 saturated carbocycles. The van der Waals surface area contributed by atoms with Gasteiger partial charge in [-0.15, -0.1) is 0 Å². The van der Waals surface area contributed by atoms with Crippen molar-refractivity contribution >= 4 is 59.1 Å². The van der Waals surface area contributed by atoms with Crippen LogP contribution >= 0.6 is 0 Å². The van der Waals surface area contributed by atoms with E-state index in [9.17, 15) is 47.9 Å². The average Bonchev–Trinajstić information content (AvgIpc) is 4.32. The maximum atomic E-state index is 14.3. The smallest absolute Gasteiger partial charge is 0.222 e. The largest absolute Gasteiger partial charge is 0.340 e. The van der Waals surface area contributed by atoms with Crippen LogP contribution in [0.4, 0.5) is 0 Å². The van der Waals surface area contributed by atoms with E-state index >= 15 is 0 Å². The van der Waals surface area contributed by atoms with Crippen LogP contribution in [-0.4, -0.2) is 234 Å². The summed E-state index contributed by atoms with van der Waals surface area (Å²) in [5.41, 5.74) is 0. The van der Waals surface area contributed by atoms with E-state index in [1.807, 2.05) is 49.0 Å². The van der Waals surface area contributed by atoms with Crippen molar-refractivity contribution in [2.75, 3.05) is 65.4 Å². The van der Waals surface area contributed by atoms with Crippen LogP contribution in [0.5, 0.6) is 0 Å². The van der Waals surface area contributed by atoms with Gasteiger partial charge in [0.1, 0.15) is 0 Å². The Balaban J connectivity index is 0.972. The zero-order valence-electron chi connectivity index (χ0n) is 49.6. The minimum atomic E-state index is -0.394. The fourth-order valence-electron chi connectivity index (χ4n) is 17.0. The van der Waals surface area contributed by atoms with Crippen molar-refractivity contribution in [2.45, 2.75) is 267 Å². The SMILES string of the molecule is CCC(CC(CC(CC(CC(CC(CC(CC(CC(CC(C)N1CCCC1=O)N1CCCC1=O)N1CCCC1=O)N1CCCC1=O)N1CCCC1=O)N1CCCC1=O)N1CCCC1=O)N1CCCC1=O)N1CCCC1=O)N1CCCC1=O. The molecule has 10 amide bonds. The second-order valence-electron chi connectivity index (χ2n) is 26.2. The van der Waals surface area contributed by atoms with Crippen LogP contribution in [0, 0.1) is 0 Å². The molecule has 0 bridgehead atoms. The van der Waals surface area contributed by atoms with Crippen LogP contribution in [0.15, 0.2) is 0 Å². The number of nitrogens with zero attached hydrogens (tertiary/aromatic N) is 10. The standard InChI is InChI=1S/C62H96N10O10/c1-3-44(64-25-5-15-54(64)74)35-46(66-27-7-17-56(66)76)37-48(68-29-9-19-58(68)78)39-50(70-31-11-21-60(70)80)41-52(72-33-13-23-62(72)82)42-51(71-32-12-22-61(71)81)40-49(69-30-10-20-59(69)79)38-47(67-28-8-18-57(67)77)36-45(65-26-6-16-55(65)75)34-43(2)63-24-4-14-53(63)73/h43-52H,3-42H2,1-2H3. The number of rotatable bonds is 29. The van der Waals surface area contributed by atoms with E-state index in [1.54, 1.807) is 0 Å². The highest BCUT2D eigenvalue weighted by molar-refractivity contribution is 5.83. The molecular formula is C62H96N10O10. The molecule has 20 nitrogen and oxygen atoms in total. The van der Waals surface area contributed by atoms with Crippen molar-refractivity contribution in [3.63, 3.8) is 0 Å². The first-order valence-electron chi connectivity index (χ1n) is 32.6. The summed E-state index contributed by atoms with van der Waals surface area (Å²) in [6, 6.07) is -2.78. The number of hydrogen-bond acceptors (Lipinski definition) is 10. The summed E-state index contributed by atoms with van der Waals surface area (Å²) < 4.78 is 0. The highest BCUT2D eigenvalue weighted by Gasteiger charge is 2.46. The van der Waals surface area contributed by atoms with Gasteiger partial charge in [0.25, 0.3) is 0 Å². The summed E-state index contributed by atoms with van der Waals surface area (Å²) >= 11 is 0. The lowest BCUT2D eigenvalue weighted by molar-refractivity contribution is -0.135. The van der Waals surface area contributed by atoms with E-state index in [0.717, 1.165) is 38.5 Å². The summed E-state index contributed by atoms with van der Waals surface area (Å²) in [5, 5.41) is 0. The maximum absolute atomic E-state index is 14.3. The first-order valence-corrected chi connectivity index (χ1v) is 32.6. The fraction of sp³-hybridized carbons (Fsp3) is 0.839. The molecular weight excluding hydrogens is 1040 g/mol. The van der Waals surface area contributed by atoms with Crippen LogP contribution in [-0.2, 0) is 47.9 Å². The second-order valence-corrected chi connectivity index (χ2v) is 26.2. The number of amides is 10. The molecule has 10 fully saturated rings. The van der Waals surface area contributed by atoms with Gasteiger partial charge in [-0.1, -0.05) is 6.92 Å². The molecule has 0 aromatic carbocycles. The molecule has 0 aromatic heterocycles. The lowest BCUT2D eigenvalue weighted by Crippen LogP contribution is -2.53. The number of carbonyl (C=O) groups excluding carboxylic acids is 10. The Bertz CT molecular complexity index is 2390. The predicted octanol–water partition coefficient (Wildman–Crippen LogP) is 4.84. The molecule has 10 heterocycles. The Labute approximate surface area is 486 Å². The highest BCUT2D eigenvalue weighted by atomic mass is 16.2. The summed E-state index contributed by atoms with van der Waals surface area (Å²) in [5.74, 6) is 0.755. The van der Waals surface area contributed by atoms with E-state index in [1.165, 1.54) is 0 Å². The van der Waals surface area contributed by atoms with Crippen molar-refractivity contribution in [1.29, 1.82) is 0 Å². The van der Waals surface area contributed by atoms with Gasteiger partial charge >= 0.3 is 0 Å². The van der Waals surface area contributed by atoms with Gasteiger partial charge in [0.15, 0.2) is 0 Å². The molecule has 10 unspecified atom stereocenters. The molecule has 20 heteroatoms. The lowest BCUT2D eigenvalue weighted by Gasteiger charge is -2.44. The summed E-state index contributed by atoms with van der Waals surface area (Å²) in [7, 11) is 0. The minimum absolute atomic E-state index is 0.0368. The summed E-state index contributed by atoms with van der Waals surface area (Å²) in [6.45, 7) is 10.1. The molecule has 0 aromatic rings. The van der Waals surface area contributed by atoms with E-state index in [4.69, 9.17) is 0 Å². The van der Waals surface area contributed by atoms with Gasteiger partial charge in [0.2, 0.25) is 59.1 Å². The zero-order chi connectivity index (χ0) is 57.6. The van der Waals surface area contributed by atoms with Gasteiger partial charge in [0.05, 0.1) is 0 Å². The van der Waals surface area contributed by atoms with Crippen molar-refractivity contribution < 1.29 is 47.9 Å². The van der Waals surface area contributed by atoms with Gasteiger partial charge < -0.3 is 49.0 Å². The molecule has 10 rings (SSSR count). The van der Waals surface area contributed by atoms with Gasteiger partial charge in [-0.25, -0.2) is 0 Å². The topological polar surface area (TPSA) is 203 Å². The number of hydrogen-bond donors (Lipinski definition) is 0. The van der Waals surface area contributed by atoms with Crippen molar-refractivity contribution in [2.24, 2.45) is 0 Å². The van der Waals surface area contributed by atoms with Crippen LogP contribution in [0.2, 0.25) is 0 Å². The minimum Gasteiger partial charge on any atom is -0.340 e. The third-order valence-corrected chi connectivity index (χ3v) is 21.0. The van der Waals surface area contributed by atoms with Crippen LogP contribution in [0.3, 0.4) is 0 Å². The van der Waals surface area contributed by atoms with Crippen LogP contribution in [0.1, 0.15) is 206 Å². The van der Waals surface area contributed by atoms with Crippen LogP contribution in [0.25, 0.3) is 0 Å². The molecule has 10 saturated heterocycles. The molecule has 0 aliphatic carbocycles. The van der Waals surface area contributed by atoms with Crippen LogP contribution < -0.4 is 0 Å². The van der Waals surface area contributed by atoms with E-state index in [0.29, 0.717) is 220 Å². The Morgan fingerprint density at radius 3 is 0.537 bits per heavy atom. The summed E-state index contributed by atoms with van der Waals surface area (Å²) in [6.07, 6.45) is 16.9. The van der Waals surface area contributed by atoms with E-state index < -0.39 is 12.1 Å². The zero-order valence-corrected chi connectivity index (χ0v) is 49.6. The molecule has 0 N–H and O–H groups in total. The van der Waals surface area contributed by atoms with Gasteiger partial charge in [-0.2, -0.15) is 0 Å². The van der Waals surface area contributed by atoms with Gasteiger partial charge in [-0.3, -0.25) is 47.9 Å². The van der Waals surface area contributed by atoms with Crippen molar-refractivity contribution in [3.8, 4) is 0 Å². The maximum Gasteiger partial charge on any atom is 0.222 e. The monoisotopic (exact) mass is 1140 g/mol. The average molecular weight is 1140 g/mol. The molecule has 10 aliphatic heterocycles. The first-order chi connectivity index (χ1) is 39.6. The first kappa shape index (κ1) is 59.8. The number of carbonyl (C=O) groups is 10. The third kappa shape index (κ3) is 13.6. The Kier molecular flexibility index (Phi) is 19.8. The predicted molar refractivity (Wildman–Crippen MR) is 305 cm³/mol. The van der Waals surface area contributed by atoms with Crippen molar-refractivity contribution in [1.82, 2.24) is 49.0 Å². The van der Waals surface area contributed by atoms with E-state index in [2.05, 4.69) is 13.8 Å². The molecule has 82 heavy (non-hydrogen) atoms. The molecule has 0 spiro atoms. The number of likely N-dealkylation sites (tertiary alicyclic amines) is 10. The molecule has 454 valence electrons. The molecule has 0 radical (unpaired) electrons. The van der Waals surface area contributed by atoms with Crippen molar-refractivity contribution in [3.05, 3.63) is 0 Å². The van der Waals surface area contributed by atoms with Gasteiger partial charge in [-0.05, 0) is 135 Å². The molecule has 10 aliphatic rings. The molecule has 10 atom stereocenters. The summed E-state index contributed by atoms with van der Waals surface area (Å²) in [4.78, 5) is 159. The highest BCUT2D eigenvalue weighted by Crippen LogP contribution is 2.38. The van der Waals surface area contributed by atoms with Gasteiger partial charge in [0, 0.05) is 190 Å².